The Morgan fingerprint density at radius 1 is 1.58 bits per heavy atom. The molecule has 1 aromatic rings. The van der Waals surface area contributed by atoms with Crippen LogP contribution in [0.5, 0.6) is 11.5 Å². The molecule has 2 rings (SSSR count). The summed E-state index contributed by atoms with van der Waals surface area (Å²) in [5.74, 6) is 1.36. The lowest BCUT2D eigenvalue weighted by Crippen LogP contribution is -2.17. The standard InChI is InChI=1S/C8H9BO3/c1-11-7-4-2-3-6-5-9(10)12-8(6)7/h2-4,10H,5H2,1H3. The van der Waals surface area contributed by atoms with E-state index in [-0.39, 0.29) is 0 Å². The normalized spacial score (nSPS) is 14.0. The van der Waals surface area contributed by atoms with E-state index in [4.69, 9.17) is 9.39 Å². The molecule has 1 heterocycles. The highest BCUT2D eigenvalue weighted by atomic mass is 16.5. The lowest BCUT2D eigenvalue weighted by molar-refractivity contribution is 0.378. The number of hydrogen-bond acceptors (Lipinski definition) is 3. The molecule has 0 aromatic heterocycles. The van der Waals surface area contributed by atoms with E-state index in [1.807, 2.05) is 18.2 Å². The summed E-state index contributed by atoms with van der Waals surface area (Å²) in [5, 5.41) is 9.19. The van der Waals surface area contributed by atoms with Crippen LogP contribution in [0, 0.1) is 0 Å². The van der Waals surface area contributed by atoms with Crippen LogP contribution in [0.4, 0.5) is 0 Å². The first-order chi connectivity index (χ1) is 5.81. The molecule has 0 saturated carbocycles. The monoisotopic (exact) mass is 164 g/mol. The number of fused-ring (bicyclic) bond motifs is 1. The van der Waals surface area contributed by atoms with Gasteiger partial charge in [-0.1, -0.05) is 12.1 Å². The average Bonchev–Trinajstić information content (AvgIpc) is 2.44. The van der Waals surface area contributed by atoms with Crippen molar-refractivity contribution in [1.82, 2.24) is 0 Å². The van der Waals surface area contributed by atoms with E-state index in [0.717, 1.165) is 5.56 Å². The Hall–Kier alpha value is -1.16. The van der Waals surface area contributed by atoms with Crippen LogP contribution in [-0.2, 0) is 6.32 Å². The summed E-state index contributed by atoms with van der Waals surface area (Å²) in [6, 6.07) is 5.63. The second-order valence-electron chi connectivity index (χ2n) is 2.73. The van der Waals surface area contributed by atoms with Crippen molar-refractivity contribution in [2.45, 2.75) is 6.32 Å². The number of rotatable bonds is 1. The average molecular weight is 164 g/mol. The molecule has 0 amide bonds. The maximum Gasteiger partial charge on any atom is 0.527 e. The van der Waals surface area contributed by atoms with Crippen molar-refractivity contribution in [2.75, 3.05) is 7.11 Å². The van der Waals surface area contributed by atoms with E-state index < -0.39 is 7.12 Å². The molecule has 62 valence electrons. The van der Waals surface area contributed by atoms with E-state index in [9.17, 15) is 5.02 Å². The first-order valence-corrected chi connectivity index (χ1v) is 3.82. The Morgan fingerprint density at radius 2 is 2.42 bits per heavy atom. The number of ether oxygens (including phenoxy) is 1. The van der Waals surface area contributed by atoms with Crippen LogP contribution in [0.25, 0.3) is 0 Å². The van der Waals surface area contributed by atoms with Crippen LogP contribution in [-0.4, -0.2) is 19.3 Å². The van der Waals surface area contributed by atoms with Crippen molar-refractivity contribution >= 4 is 7.12 Å². The van der Waals surface area contributed by atoms with Crippen LogP contribution in [0.2, 0.25) is 0 Å². The number of benzene rings is 1. The van der Waals surface area contributed by atoms with Gasteiger partial charge in [-0.2, -0.15) is 0 Å². The van der Waals surface area contributed by atoms with Gasteiger partial charge >= 0.3 is 7.12 Å². The fraction of sp³-hybridized carbons (Fsp3) is 0.250. The summed E-state index contributed by atoms with van der Waals surface area (Å²) in [7, 11) is 0.875. The number of methoxy groups -OCH3 is 1. The number of para-hydroxylation sites is 1. The zero-order valence-corrected chi connectivity index (χ0v) is 6.78. The molecule has 1 aliphatic heterocycles. The molecule has 1 aromatic carbocycles. The predicted molar refractivity (Wildman–Crippen MR) is 45.3 cm³/mol. The fourth-order valence-electron chi connectivity index (χ4n) is 1.38. The summed E-state index contributed by atoms with van der Waals surface area (Å²) in [4.78, 5) is 0. The van der Waals surface area contributed by atoms with Crippen LogP contribution < -0.4 is 9.39 Å². The smallest absolute Gasteiger partial charge is 0.527 e. The van der Waals surface area contributed by atoms with Gasteiger partial charge in [-0.3, -0.25) is 0 Å². The van der Waals surface area contributed by atoms with Crippen molar-refractivity contribution in [3.05, 3.63) is 23.8 Å². The molecular formula is C8H9BO3. The Morgan fingerprint density at radius 3 is 3.17 bits per heavy atom. The first-order valence-electron chi connectivity index (χ1n) is 3.82. The van der Waals surface area contributed by atoms with Gasteiger partial charge in [0.25, 0.3) is 0 Å². The second-order valence-corrected chi connectivity index (χ2v) is 2.73. The topological polar surface area (TPSA) is 38.7 Å². The summed E-state index contributed by atoms with van der Waals surface area (Å²) >= 11 is 0. The molecule has 4 heteroatoms. The van der Waals surface area contributed by atoms with Crippen molar-refractivity contribution in [1.29, 1.82) is 0 Å². The Bertz CT molecular complexity index is 300. The summed E-state index contributed by atoms with van der Waals surface area (Å²) in [5.41, 5.74) is 1.00. The molecule has 0 aliphatic carbocycles. The molecule has 0 bridgehead atoms. The highest BCUT2D eigenvalue weighted by Gasteiger charge is 2.28. The zero-order chi connectivity index (χ0) is 8.55. The van der Waals surface area contributed by atoms with Gasteiger partial charge in [0.15, 0.2) is 5.75 Å². The van der Waals surface area contributed by atoms with Crippen LogP contribution in [0.3, 0.4) is 0 Å². The highest BCUT2D eigenvalue weighted by Crippen LogP contribution is 2.35. The third-order valence-corrected chi connectivity index (χ3v) is 1.93. The molecular weight excluding hydrogens is 155 g/mol. The van der Waals surface area contributed by atoms with Crippen molar-refractivity contribution < 1.29 is 14.4 Å². The second kappa shape index (κ2) is 2.71. The molecule has 3 nitrogen and oxygen atoms in total. The fourth-order valence-corrected chi connectivity index (χ4v) is 1.38. The molecule has 0 atom stereocenters. The largest absolute Gasteiger partial charge is 0.533 e. The molecule has 0 fully saturated rings. The maximum atomic E-state index is 9.19. The Labute approximate surface area is 71.1 Å². The third-order valence-electron chi connectivity index (χ3n) is 1.93. The molecule has 0 saturated heterocycles. The van der Waals surface area contributed by atoms with Crippen LogP contribution in [0.1, 0.15) is 5.56 Å². The van der Waals surface area contributed by atoms with Crippen LogP contribution >= 0.6 is 0 Å². The van der Waals surface area contributed by atoms with Gasteiger partial charge in [0.2, 0.25) is 0 Å². The van der Waals surface area contributed by atoms with Crippen molar-refractivity contribution in [2.24, 2.45) is 0 Å². The molecule has 0 radical (unpaired) electrons. The van der Waals surface area contributed by atoms with E-state index in [1.165, 1.54) is 0 Å². The summed E-state index contributed by atoms with van der Waals surface area (Å²) in [6.07, 6.45) is 0.548. The van der Waals surface area contributed by atoms with Gasteiger partial charge in [-0.05, 0) is 11.6 Å². The van der Waals surface area contributed by atoms with Gasteiger partial charge in [-0.25, -0.2) is 0 Å². The lowest BCUT2D eigenvalue weighted by Gasteiger charge is -2.06. The van der Waals surface area contributed by atoms with E-state index in [2.05, 4.69) is 0 Å². The minimum Gasteiger partial charge on any atom is -0.533 e. The Balaban J connectivity index is 2.44. The van der Waals surface area contributed by atoms with E-state index in [0.29, 0.717) is 17.8 Å². The molecule has 12 heavy (non-hydrogen) atoms. The van der Waals surface area contributed by atoms with Crippen molar-refractivity contribution in [3.63, 3.8) is 0 Å². The zero-order valence-electron chi connectivity index (χ0n) is 6.78. The van der Waals surface area contributed by atoms with Gasteiger partial charge in [0.05, 0.1) is 7.11 Å². The van der Waals surface area contributed by atoms with Gasteiger partial charge in [0, 0.05) is 6.32 Å². The minimum atomic E-state index is -0.712. The lowest BCUT2D eigenvalue weighted by atomic mass is 9.85. The van der Waals surface area contributed by atoms with Gasteiger partial charge in [-0.15, -0.1) is 0 Å². The van der Waals surface area contributed by atoms with Gasteiger partial charge < -0.3 is 14.4 Å². The quantitative estimate of drug-likeness (QED) is 0.619. The van der Waals surface area contributed by atoms with E-state index in [1.54, 1.807) is 7.11 Å². The molecule has 0 spiro atoms. The van der Waals surface area contributed by atoms with Crippen molar-refractivity contribution in [3.8, 4) is 11.5 Å². The summed E-state index contributed by atoms with van der Waals surface area (Å²) < 4.78 is 10.2. The Kier molecular flexibility index (Phi) is 1.69. The minimum absolute atomic E-state index is 0.548. The summed E-state index contributed by atoms with van der Waals surface area (Å²) in [6.45, 7) is 0. The molecule has 1 N–H and O–H groups in total. The van der Waals surface area contributed by atoms with E-state index >= 15 is 0 Å². The number of hydrogen-bond donors (Lipinski definition) is 1. The maximum absolute atomic E-state index is 9.19. The van der Waals surface area contributed by atoms with Gasteiger partial charge in [0.1, 0.15) is 5.75 Å². The highest BCUT2D eigenvalue weighted by molar-refractivity contribution is 6.44. The molecule has 0 unspecified atom stereocenters. The van der Waals surface area contributed by atoms with Crippen LogP contribution in [0.15, 0.2) is 18.2 Å². The predicted octanol–water partition coefficient (Wildman–Crippen LogP) is 0.650. The third kappa shape index (κ3) is 1.04. The first kappa shape index (κ1) is 7.49. The molecule has 1 aliphatic rings. The SMILES string of the molecule is COc1cccc2c1OB(O)C2.